The third-order valence-electron chi connectivity index (χ3n) is 4.02. The van der Waals surface area contributed by atoms with E-state index in [9.17, 15) is 9.90 Å². The molecule has 118 valence electrons. The molecule has 1 saturated heterocycles. The Bertz CT molecular complexity index is 678. The van der Waals surface area contributed by atoms with Crippen molar-refractivity contribution in [1.82, 2.24) is 9.88 Å². The minimum Gasteiger partial charge on any atom is -0.392 e. The van der Waals surface area contributed by atoms with Gasteiger partial charge in [0.15, 0.2) is 0 Å². The summed E-state index contributed by atoms with van der Waals surface area (Å²) < 4.78 is 2.24. The monoisotopic (exact) mass is 301 g/mol. The summed E-state index contributed by atoms with van der Waals surface area (Å²) in [6.45, 7) is 5.86. The molecule has 5 heteroatoms. The Morgan fingerprint density at radius 3 is 2.95 bits per heavy atom. The number of aromatic nitrogens is 1. The van der Waals surface area contributed by atoms with Crippen LogP contribution in [0.5, 0.6) is 0 Å². The summed E-state index contributed by atoms with van der Waals surface area (Å²) in [5, 5.41) is 16.6. The molecule has 1 aromatic carbocycles. The van der Waals surface area contributed by atoms with Gasteiger partial charge < -0.3 is 20.3 Å². The molecule has 2 aromatic rings. The van der Waals surface area contributed by atoms with Gasteiger partial charge in [0.2, 0.25) is 5.91 Å². The van der Waals surface area contributed by atoms with E-state index >= 15 is 0 Å². The number of amides is 1. The molecule has 2 unspecified atom stereocenters. The Labute approximate surface area is 130 Å². The largest absolute Gasteiger partial charge is 0.392 e. The minimum atomic E-state index is -0.428. The van der Waals surface area contributed by atoms with Crippen molar-refractivity contribution in [2.75, 3.05) is 11.9 Å². The lowest BCUT2D eigenvalue weighted by Gasteiger charge is -2.12. The number of aliphatic hydroxyl groups is 1. The molecule has 1 amide bonds. The number of carbonyl (C=O) groups is 1. The second kappa shape index (κ2) is 6.10. The number of β-amino-alcohol motifs (C(OH)–C–C–N with tert-alkyl or cyclic N) is 1. The summed E-state index contributed by atoms with van der Waals surface area (Å²) >= 11 is 0. The molecule has 1 aromatic heterocycles. The first-order valence-corrected chi connectivity index (χ1v) is 7.84. The molecule has 1 fully saturated rings. The van der Waals surface area contributed by atoms with Crippen LogP contribution in [0.4, 0.5) is 5.69 Å². The van der Waals surface area contributed by atoms with Gasteiger partial charge in [-0.1, -0.05) is 13.8 Å². The van der Waals surface area contributed by atoms with Crippen LogP contribution in [-0.4, -0.2) is 34.3 Å². The molecule has 1 aliphatic heterocycles. The Balaban J connectivity index is 1.74. The van der Waals surface area contributed by atoms with E-state index in [2.05, 4.69) is 41.3 Å². The highest BCUT2D eigenvalue weighted by Crippen LogP contribution is 2.22. The molecule has 5 nitrogen and oxygen atoms in total. The first kappa shape index (κ1) is 15.1. The average molecular weight is 301 g/mol. The molecule has 3 rings (SSSR count). The van der Waals surface area contributed by atoms with E-state index in [-0.39, 0.29) is 11.9 Å². The van der Waals surface area contributed by atoms with Gasteiger partial charge in [0.1, 0.15) is 0 Å². The first-order valence-electron chi connectivity index (χ1n) is 7.84. The van der Waals surface area contributed by atoms with E-state index in [1.165, 1.54) is 5.52 Å². The summed E-state index contributed by atoms with van der Waals surface area (Å²) in [5.74, 6) is 0.507. The average Bonchev–Trinajstić information content (AvgIpc) is 3.05. The molecule has 2 heterocycles. The van der Waals surface area contributed by atoms with E-state index < -0.39 is 6.10 Å². The van der Waals surface area contributed by atoms with E-state index in [1.807, 2.05) is 18.2 Å². The molecule has 1 aliphatic rings. The van der Waals surface area contributed by atoms with Gasteiger partial charge in [-0.25, -0.2) is 0 Å². The Morgan fingerprint density at radius 2 is 2.27 bits per heavy atom. The Morgan fingerprint density at radius 1 is 1.45 bits per heavy atom. The highest BCUT2D eigenvalue weighted by Gasteiger charge is 2.27. The van der Waals surface area contributed by atoms with Crippen molar-refractivity contribution < 1.29 is 9.90 Å². The molecular formula is C17H23N3O2. The fraction of sp³-hybridized carbons (Fsp3) is 0.471. The minimum absolute atomic E-state index is 0.0856. The fourth-order valence-electron chi connectivity index (χ4n) is 2.98. The maximum absolute atomic E-state index is 12.2. The van der Waals surface area contributed by atoms with Gasteiger partial charge in [0.25, 0.3) is 0 Å². The molecule has 0 spiro atoms. The van der Waals surface area contributed by atoms with E-state index in [4.69, 9.17) is 0 Å². The van der Waals surface area contributed by atoms with Crippen LogP contribution in [0, 0.1) is 5.92 Å². The molecule has 2 atom stereocenters. The van der Waals surface area contributed by atoms with Gasteiger partial charge >= 0.3 is 0 Å². The second-order valence-electron chi connectivity index (χ2n) is 6.48. The van der Waals surface area contributed by atoms with Gasteiger partial charge in [-0.05, 0) is 36.6 Å². The number of rotatable bonds is 4. The molecule has 22 heavy (non-hydrogen) atoms. The summed E-state index contributed by atoms with van der Waals surface area (Å²) in [4.78, 5) is 12.2. The molecule has 0 aliphatic carbocycles. The number of hydrogen-bond acceptors (Lipinski definition) is 3. The van der Waals surface area contributed by atoms with Crippen LogP contribution in [0.15, 0.2) is 30.5 Å². The third-order valence-corrected chi connectivity index (χ3v) is 4.02. The number of fused-ring (bicyclic) bond motifs is 1. The topological polar surface area (TPSA) is 66.3 Å². The van der Waals surface area contributed by atoms with E-state index in [0.717, 1.165) is 17.6 Å². The van der Waals surface area contributed by atoms with Crippen molar-refractivity contribution in [1.29, 1.82) is 0 Å². The van der Waals surface area contributed by atoms with Crippen molar-refractivity contribution in [3.63, 3.8) is 0 Å². The van der Waals surface area contributed by atoms with Gasteiger partial charge in [-0.15, -0.1) is 0 Å². The number of nitrogens with zero attached hydrogens (tertiary/aromatic N) is 1. The van der Waals surface area contributed by atoms with Crippen LogP contribution in [0.1, 0.15) is 20.3 Å². The second-order valence-corrected chi connectivity index (χ2v) is 6.48. The lowest BCUT2D eigenvalue weighted by atomic mass is 10.1. The predicted octanol–water partition coefficient (Wildman–Crippen LogP) is 1.96. The maximum Gasteiger partial charge on any atom is 0.241 e. The number of aliphatic hydroxyl groups excluding tert-OH is 1. The van der Waals surface area contributed by atoms with Crippen LogP contribution in [0.2, 0.25) is 0 Å². The zero-order valence-electron chi connectivity index (χ0n) is 13.0. The highest BCUT2D eigenvalue weighted by atomic mass is 16.3. The van der Waals surface area contributed by atoms with Gasteiger partial charge in [-0.2, -0.15) is 0 Å². The van der Waals surface area contributed by atoms with Gasteiger partial charge in [0.05, 0.1) is 12.1 Å². The van der Waals surface area contributed by atoms with Crippen LogP contribution < -0.4 is 10.6 Å². The van der Waals surface area contributed by atoms with Crippen LogP contribution in [-0.2, 0) is 11.3 Å². The Hall–Kier alpha value is -1.85. The highest BCUT2D eigenvalue weighted by molar-refractivity contribution is 5.97. The number of anilines is 1. The van der Waals surface area contributed by atoms with Gasteiger partial charge in [-0.3, -0.25) is 4.79 Å². The summed E-state index contributed by atoms with van der Waals surface area (Å²) in [6, 6.07) is 7.74. The number of carbonyl (C=O) groups excluding carboxylic acids is 1. The number of benzene rings is 1. The lowest BCUT2D eigenvalue weighted by Crippen LogP contribution is -2.35. The first-order chi connectivity index (χ1) is 10.5. The van der Waals surface area contributed by atoms with Crippen molar-refractivity contribution in [2.45, 2.75) is 39.0 Å². The van der Waals surface area contributed by atoms with Crippen LogP contribution >= 0.6 is 0 Å². The maximum atomic E-state index is 12.2. The molecule has 0 bridgehead atoms. The zero-order valence-corrected chi connectivity index (χ0v) is 13.0. The quantitative estimate of drug-likeness (QED) is 0.809. The van der Waals surface area contributed by atoms with E-state index in [1.54, 1.807) is 0 Å². The molecule has 0 radical (unpaired) electrons. The summed E-state index contributed by atoms with van der Waals surface area (Å²) in [6.07, 6.45) is 2.13. The van der Waals surface area contributed by atoms with E-state index in [0.29, 0.717) is 18.9 Å². The number of hydrogen-bond donors (Lipinski definition) is 3. The Kier molecular flexibility index (Phi) is 4.18. The third kappa shape index (κ3) is 3.15. The van der Waals surface area contributed by atoms with Crippen molar-refractivity contribution in [3.05, 3.63) is 30.5 Å². The predicted molar refractivity (Wildman–Crippen MR) is 87.8 cm³/mol. The lowest BCUT2D eigenvalue weighted by molar-refractivity contribution is -0.117. The van der Waals surface area contributed by atoms with Crippen LogP contribution in [0.3, 0.4) is 0 Å². The normalized spacial score (nSPS) is 21.6. The molecular weight excluding hydrogens is 278 g/mol. The molecule has 3 N–H and O–H groups in total. The standard InChI is InChI=1S/C17H23N3O2/c1-11(2)10-20-6-5-12-7-13(3-4-16(12)20)19-17(22)15-8-14(21)9-18-15/h3-7,11,14-15,18,21H,8-10H2,1-2H3,(H,19,22). The zero-order chi connectivity index (χ0) is 15.7. The van der Waals surface area contributed by atoms with Crippen molar-refractivity contribution >= 4 is 22.5 Å². The molecule has 0 saturated carbocycles. The smallest absolute Gasteiger partial charge is 0.241 e. The van der Waals surface area contributed by atoms with Crippen molar-refractivity contribution in [2.24, 2.45) is 5.92 Å². The van der Waals surface area contributed by atoms with Crippen molar-refractivity contribution in [3.8, 4) is 0 Å². The summed E-state index contributed by atoms with van der Waals surface area (Å²) in [7, 11) is 0. The van der Waals surface area contributed by atoms with Crippen LogP contribution in [0.25, 0.3) is 10.9 Å². The summed E-state index contributed by atoms with van der Waals surface area (Å²) in [5.41, 5.74) is 1.98. The fourth-order valence-corrected chi connectivity index (χ4v) is 2.98. The number of nitrogens with one attached hydrogen (secondary N) is 2. The SMILES string of the molecule is CC(C)Cn1ccc2cc(NC(=O)C3CC(O)CN3)ccc21. The van der Waals surface area contributed by atoms with Gasteiger partial charge in [0, 0.05) is 35.9 Å².